The highest BCUT2D eigenvalue weighted by Gasteiger charge is 2.53. The zero-order chi connectivity index (χ0) is 28.5. The molecule has 0 radical (unpaired) electrons. The second-order valence-electron chi connectivity index (χ2n) is 9.99. The van der Waals surface area contributed by atoms with Crippen LogP contribution in [0.5, 0.6) is 0 Å². The summed E-state index contributed by atoms with van der Waals surface area (Å²) in [5.74, 6) is -1.46. The van der Waals surface area contributed by atoms with Gasteiger partial charge in [0, 0.05) is 25.8 Å². The fraction of sp³-hybridized carbons (Fsp3) is 0.423. The van der Waals surface area contributed by atoms with Gasteiger partial charge in [-0.25, -0.2) is 13.2 Å². The summed E-state index contributed by atoms with van der Waals surface area (Å²) in [6, 6.07) is 10.9. The van der Waals surface area contributed by atoms with Gasteiger partial charge in [-0.15, -0.1) is 0 Å². The van der Waals surface area contributed by atoms with Gasteiger partial charge in [-0.3, -0.25) is 9.59 Å². The number of aliphatic carboxylic acids is 1. The van der Waals surface area contributed by atoms with Crippen molar-refractivity contribution in [2.45, 2.75) is 49.2 Å². The number of hydrogen-bond donors (Lipinski definition) is 3. The molecule has 3 amide bonds. The third-order valence-corrected chi connectivity index (χ3v) is 9.46. The maximum atomic E-state index is 13.2. The van der Waals surface area contributed by atoms with Crippen LogP contribution < -0.4 is 14.9 Å². The number of hydrogen-bond acceptors (Lipinski definition) is 6. The Hall–Kier alpha value is -3.35. The minimum atomic E-state index is -4.31. The molecule has 0 aliphatic carbocycles. The maximum absolute atomic E-state index is 13.2. The second-order valence-corrected chi connectivity index (χ2v) is 12.0. The van der Waals surface area contributed by atoms with Gasteiger partial charge < -0.3 is 25.1 Å². The van der Waals surface area contributed by atoms with Gasteiger partial charge in [-0.2, -0.15) is 4.72 Å². The normalized spacial score (nSPS) is 18.8. The minimum Gasteiger partial charge on any atom is -0.480 e. The van der Waals surface area contributed by atoms with Crippen LogP contribution in [0.4, 0.5) is 10.5 Å². The topological polar surface area (TPSA) is 139 Å². The Labute approximate surface area is 232 Å². The first kappa shape index (κ1) is 28.7. The summed E-state index contributed by atoms with van der Waals surface area (Å²) in [7, 11) is -2.55. The molecule has 0 saturated carbocycles. The number of carbonyl (C=O) groups is 3. The van der Waals surface area contributed by atoms with E-state index in [0.717, 1.165) is 5.69 Å². The summed E-state index contributed by atoms with van der Waals surface area (Å²) in [5, 5.41) is 12.3. The molecule has 0 bridgehead atoms. The van der Waals surface area contributed by atoms with Crippen LogP contribution >= 0.6 is 11.6 Å². The molecule has 2 aromatic carbocycles. The number of sulfonamides is 1. The van der Waals surface area contributed by atoms with E-state index >= 15 is 0 Å². The van der Waals surface area contributed by atoms with Gasteiger partial charge >= 0.3 is 12.0 Å². The van der Waals surface area contributed by atoms with Gasteiger partial charge in [0.25, 0.3) is 0 Å². The van der Waals surface area contributed by atoms with Crippen molar-refractivity contribution in [1.29, 1.82) is 0 Å². The number of piperidine rings is 1. The molecule has 2 unspecified atom stereocenters. The molecule has 2 atom stereocenters. The van der Waals surface area contributed by atoms with E-state index in [-0.39, 0.29) is 28.9 Å². The van der Waals surface area contributed by atoms with Gasteiger partial charge in [0.2, 0.25) is 15.9 Å². The molecular formula is C26H32ClN5O6S. The van der Waals surface area contributed by atoms with Crippen LogP contribution in [0, 0.1) is 6.92 Å². The van der Waals surface area contributed by atoms with Gasteiger partial charge in [-0.1, -0.05) is 41.9 Å². The zero-order valence-corrected chi connectivity index (χ0v) is 23.5. The van der Waals surface area contributed by atoms with Crippen LogP contribution in [0.1, 0.15) is 25.3 Å². The van der Waals surface area contributed by atoms with E-state index in [1.54, 1.807) is 31.0 Å². The number of nitrogens with zero attached hydrogens (tertiary/aromatic N) is 3. The first-order chi connectivity index (χ1) is 18.4. The summed E-state index contributed by atoms with van der Waals surface area (Å²) in [5.41, 5.74) is 0.506. The quantitative estimate of drug-likeness (QED) is 0.458. The summed E-state index contributed by atoms with van der Waals surface area (Å²) in [6.07, 6.45) is 0.793. The third-order valence-electron chi connectivity index (χ3n) is 7.39. The molecule has 2 saturated heterocycles. The molecule has 210 valence electrons. The molecule has 39 heavy (non-hydrogen) atoms. The molecule has 1 spiro atoms. The Bertz CT molecular complexity index is 1340. The number of nitrogens with one attached hydrogen (secondary N) is 2. The number of anilines is 1. The molecule has 2 aliphatic heterocycles. The van der Waals surface area contributed by atoms with Gasteiger partial charge in [0.15, 0.2) is 0 Å². The molecule has 13 heteroatoms. The summed E-state index contributed by atoms with van der Waals surface area (Å²) in [4.78, 5) is 43.4. The largest absolute Gasteiger partial charge is 0.480 e. The number of carboxylic acids is 1. The van der Waals surface area contributed by atoms with Crippen LogP contribution in [0.2, 0.25) is 5.02 Å². The number of benzene rings is 2. The fourth-order valence-corrected chi connectivity index (χ4v) is 7.40. The van der Waals surface area contributed by atoms with Crippen molar-refractivity contribution in [3.63, 3.8) is 0 Å². The molecule has 11 nitrogen and oxygen atoms in total. The maximum Gasteiger partial charge on any atom is 0.323 e. The predicted molar refractivity (Wildman–Crippen MR) is 146 cm³/mol. The molecule has 2 fully saturated rings. The molecule has 2 aliphatic rings. The molecule has 2 aromatic rings. The molecular weight excluding hydrogens is 546 g/mol. The number of halogens is 1. The van der Waals surface area contributed by atoms with E-state index in [1.807, 2.05) is 30.3 Å². The smallest absolute Gasteiger partial charge is 0.323 e. The van der Waals surface area contributed by atoms with Crippen molar-refractivity contribution < 1.29 is 27.9 Å². The van der Waals surface area contributed by atoms with Gasteiger partial charge in [-0.05, 0) is 50.5 Å². The SMILES string of the molecule is Cc1cccc(Cl)c1S(=O)(=O)NC(C(=O)O)C(C)NC(=O)N1CCC2(CC1)C(=O)N(C)CN2c1ccccc1. The monoisotopic (exact) mass is 577 g/mol. The van der Waals surface area contributed by atoms with Crippen molar-refractivity contribution in [1.82, 2.24) is 19.8 Å². The van der Waals surface area contributed by atoms with Crippen molar-refractivity contribution >= 4 is 45.2 Å². The average Bonchev–Trinajstić information content (AvgIpc) is 3.12. The number of urea groups is 1. The van der Waals surface area contributed by atoms with E-state index < -0.39 is 39.6 Å². The Balaban J connectivity index is 1.44. The van der Waals surface area contributed by atoms with Crippen molar-refractivity contribution in [2.24, 2.45) is 0 Å². The van der Waals surface area contributed by atoms with Crippen molar-refractivity contribution in [2.75, 3.05) is 31.7 Å². The van der Waals surface area contributed by atoms with Crippen LogP contribution in [0.15, 0.2) is 53.4 Å². The Kier molecular flexibility index (Phi) is 8.10. The Morgan fingerprint density at radius 3 is 2.31 bits per heavy atom. The van der Waals surface area contributed by atoms with Gasteiger partial charge in [0.1, 0.15) is 16.5 Å². The highest BCUT2D eigenvalue weighted by molar-refractivity contribution is 7.89. The number of rotatable bonds is 7. The lowest BCUT2D eigenvalue weighted by Crippen LogP contribution is -2.60. The zero-order valence-electron chi connectivity index (χ0n) is 21.9. The predicted octanol–water partition coefficient (Wildman–Crippen LogP) is 2.25. The van der Waals surface area contributed by atoms with E-state index in [4.69, 9.17) is 11.6 Å². The van der Waals surface area contributed by atoms with E-state index in [2.05, 4.69) is 14.9 Å². The van der Waals surface area contributed by atoms with E-state index in [0.29, 0.717) is 25.1 Å². The standard InChI is InChI=1S/C26H32ClN5O6S/c1-17-8-7-11-20(27)22(17)39(37,38)29-21(23(33)34)18(2)28-25(36)31-14-12-26(13-15-31)24(35)30(3)16-32(26)19-9-5-4-6-10-19/h4-11,18,21,29H,12-16H2,1-3H3,(H,28,36)(H,33,34). The molecule has 3 N–H and O–H groups in total. The number of likely N-dealkylation sites (N-methyl/N-ethyl adjacent to an activating group) is 1. The number of aryl methyl sites for hydroxylation is 1. The molecule has 0 aromatic heterocycles. The number of carbonyl (C=O) groups excluding carboxylic acids is 2. The molecule has 4 rings (SSSR count). The number of likely N-dealkylation sites (tertiary alicyclic amines) is 1. The van der Waals surface area contributed by atoms with Crippen LogP contribution in [0.25, 0.3) is 0 Å². The number of para-hydroxylation sites is 1. The lowest BCUT2D eigenvalue weighted by molar-refractivity contribution is -0.139. The average molecular weight is 578 g/mol. The Morgan fingerprint density at radius 1 is 1.08 bits per heavy atom. The number of carboxylic acid groups (broad SMARTS) is 1. The second kappa shape index (κ2) is 11.0. The summed E-state index contributed by atoms with van der Waals surface area (Å²) < 4.78 is 28.2. The third kappa shape index (κ3) is 5.54. The first-order valence-electron chi connectivity index (χ1n) is 12.5. The highest BCUT2D eigenvalue weighted by Crippen LogP contribution is 2.39. The summed E-state index contributed by atoms with van der Waals surface area (Å²) in [6.45, 7) is 3.94. The van der Waals surface area contributed by atoms with E-state index in [1.165, 1.54) is 17.9 Å². The summed E-state index contributed by atoms with van der Waals surface area (Å²) >= 11 is 6.09. The highest BCUT2D eigenvalue weighted by atomic mass is 35.5. The first-order valence-corrected chi connectivity index (χ1v) is 14.4. The number of amides is 3. The fourth-order valence-electron chi connectivity index (χ4n) is 5.30. The Morgan fingerprint density at radius 2 is 1.72 bits per heavy atom. The lowest BCUT2D eigenvalue weighted by Gasteiger charge is -2.43. The van der Waals surface area contributed by atoms with Crippen LogP contribution in [0.3, 0.4) is 0 Å². The molecule has 2 heterocycles. The lowest BCUT2D eigenvalue weighted by atomic mass is 9.85. The van der Waals surface area contributed by atoms with Crippen molar-refractivity contribution in [3.8, 4) is 0 Å². The van der Waals surface area contributed by atoms with Crippen LogP contribution in [-0.2, 0) is 19.6 Å². The minimum absolute atomic E-state index is 0.00464. The van der Waals surface area contributed by atoms with Crippen molar-refractivity contribution in [3.05, 3.63) is 59.1 Å². The van der Waals surface area contributed by atoms with Crippen LogP contribution in [-0.4, -0.2) is 85.7 Å². The van der Waals surface area contributed by atoms with E-state index in [9.17, 15) is 27.9 Å². The van der Waals surface area contributed by atoms with Gasteiger partial charge in [0.05, 0.1) is 17.7 Å².